The van der Waals surface area contributed by atoms with E-state index in [-0.39, 0.29) is 6.09 Å². The number of amides is 1. The molecule has 2 rings (SSSR count). The average molecular weight is 409 g/mol. The maximum atomic E-state index is 12.9. The molecular weight excluding hydrogens is 372 g/mol. The summed E-state index contributed by atoms with van der Waals surface area (Å²) in [6.07, 6.45) is 5.16. The second-order valence-corrected chi connectivity index (χ2v) is 9.87. The Morgan fingerprint density at radius 1 is 1.27 bits per heavy atom. The maximum absolute atomic E-state index is 12.9. The molecule has 1 atom stereocenters. The molecule has 0 heterocycles. The molecule has 1 amide bonds. The number of rotatable bonds is 6. The molecule has 0 saturated carbocycles. The predicted molar refractivity (Wildman–Crippen MR) is 123 cm³/mol. The van der Waals surface area contributed by atoms with E-state index in [4.69, 9.17) is 4.74 Å². The van der Waals surface area contributed by atoms with Crippen LogP contribution in [0, 0.1) is 29.6 Å². The monoisotopic (exact) mass is 408 g/mol. The summed E-state index contributed by atoms with van der Waals surface area (Å²) in [6.45, 7) is 15.0. The van der Waals surface area contributed by atoms with Crippen molar-refractivity contribution < 1.29 is 9.53 Å². The van der Waals surface area contributed by atoms with Crippen LogP contribution in [0.1, 0.15) is 65.5 Å². The van der Waals surface area contributed by atoms with Gasteiger partial charge in [-0.15, -0.1) is 0 Å². The molecule has 0 fully saturated rings. The van der Waals surface area contributed by atoms with Gasteiger partial charge in [-0.05, 0) is 70.1 Å². The highest BCUT2D eigenvalue weighted by atomic mass is 16.6. The van der Waals surface area contributed by atoms with Gasteiger partial charge in [0.25, 0.3) is 0 Å². The molecule has 0 aliphatic heterocycles. The highest BCUT2D eigenvalue weighted by Gasteiger charge is 2.36. The third-order valence-corrected chi connectivity index (χ3v) is 5.37. The SMILES string of the molecule is CC1=C(c2ccccc2C)C=CC(C#N)(CN(CCC(C)C)C(=O)OC(C)(C)C)C1. The van der Waals surface area contributed by atoms with E-state index >= 15 is 0 Å². The third kappa shape index (κ3) is 6.23. The van der Waals surface area contributed by atoms with Crippen LogP contribution in [0.5, 0.6) is 0 Å². The summed E-state index contributed by atoms with van der Waals surface area (Å²) in [4.78, 5) is 14.6. The van der Waals surface area contributed by atoms with E-state index < -0.39 is 11.0 Å². The molecule has 0 saturated heterocycles. The molecule has 4 heteroatoms. The zero-order valence-electron chi connectivity index (χ0n) is 19.6. The molecule has 1 unspecified atom stereocenters. The first kappa shape index (κ1) is 23.7. The van der Waals surface area contributed by atoms with Crippen molar-refractivity contribution in [1.29, 1.82) is 5.26 Å². The molecule has 1 aliphatic carbocycles. The van der Waals surface area contributed by atoms with Crippen molar-refractivity contribution in [3.8, 4) is 6.07 Å². The first-order valence-electron chi connectivity index (χ1n) is 10.8. The number of nitriles is 1. The van der Waals surface area contributed by atoms with Gasteiger partial charge in [0.05, 0.1) is 11.5 Å². The highest BCUT2D eigenvalue weighted by molar-refractivity contribution is 5.80. The van der Waals surface area contributed by atoms with E-state index in [9.17, 15) is 10.1 Å². The standard InChI is InChI=1S/C26H36N2O2/c1-19(2)13-15-28(24(29)30-25(5,6)7)18-26(17-27)14-12-23(21(4)16-26)22-11-9-8-10-20(22)3/h8-12,14,19H,13,15-16,18H2,1-7H3. The molecule has 0 N–H and O–H groups in total. The van der Waals surface area contributed by atoms with Gasteiger partial charge in [-0.3, -0.25) is 0 Å². The molecule has 1 aliphatic rings. The summed E-state index contributed by atoms with van der Waals surface area (Å²) in [5.41, 5.74) is 3.44. The van der Waals surface area contributed by atoms with Crippen LogP contribution >= 0.6 is 0 Å². The lowest BCUT2D eigenvalue weighted by atomic mass is 9.75. The predicted octanol–water partition coefficient (Wildman–Crippen LogP) is 6.52. The number of allylic oxidation sites excluding steroid dienone is 3. The second-order valence-electron chi connectivity index (χ2n) is 9.87. The van der Waals surface area contributed by atoms with Gasteiger partial charge in [0.15, 0.2) is 0 Å². The van der Waals surface area contributed by atoms with Gasteiger partial charge in [-0.1, -0.05) is 55.8 Å². The molecular formula is C26H36N2O2. The zero-order chi connectivity index (χ0) is 22.5. The van der Waals surface area contributed by atoms with E-state index in [1.54, 1.807) is 4.90 Å². The summed E-state index contributed by atoms with van der Waals surface area (Å²) >= 11 is 0. The van der Waals surface area contributed by atoms with Crippen LogP contribution in [0.15, 0.2) is 42.0 Å². The minimum Gasteiger partial charge on any atom is -0.444 e. The molecule has 4 nitrogen and oxygen atoms in total. The summed E-state index contributed by atoms with van der Waals surface area (Å²) < 4.78 is 5.64. The summed E-state index contributed by atoms with van der Waals surface area (Å²) in [7, 11) is 0. The van der Waals surface area contributed by atoms with Crippen LogP contribution in [-0.2, 0) is 4.74 Å². The zero-order valence-corrected chi connectivity index (χ0v) is 19.6. The van der Waals surface area contributed by atoms with Gasteiger partial charge in [-0.25, -0.2) is 4.79 Å². The van der Waals surface area contributed by atoms with Gasteiger partial charge in [0.1, 0.15) is 5.60 Å². The van der Waals surface area contributed by atoms with Crippen molar-refractivity contribution in [2.75, 3.05) is 13.1 Å². The number of hydrogen-bond acceptors (Lipinski definition) is 3. The first-order chi connectivity index (χ1) is 14.0. The van der Waals surface area contributed by atoms with E-state index in [0.717, 1.165) is 6.42 Å². The maximum Gasteiger partial charge on any atom is 0.410 e. The number of hydrogen-bond donors (Lipinski definition) is 0. The quantitative estimate of drug-likeness (QED) is 0.538. The topological polar surface area (TPSA) is 53.3 Å². The number of aryl methyl sites for hydroxylation is 1. The number of carbonyl (C=O) groups is 1. The molecule has 1 aromatic rings. The fraction of sp³-hybridized carbons (Fsp3) is 0.538. The lowest BCUT2D eigenvalue weighted by Gasteiger charge is -2.35. The Morgan fingerprint density at radius 3 is 2.47 bits per heavy atom. The molecule has 0 aromatic heterocycles. The molecule has 162 valence electrons. The van der Waals surface area contributed by atoms with Crippen molar-refractivity contribution in [3.63, 3.8) is 0 Å². The van der Waals surface area contributed by atoms with Crippen molar-refractivity contribution in [2.45, 2.75) is 66.9 Å². The fourth-order valence-corrected chi connectivity index (χ4v) is 3.74. The number of carbonyl (C=O) groups excluding carboxylic acids is 1. The van der Waals surface area contributed by atoms with Crippen molar-refractivity contribution in [1.82, 2.24) is 4.90 Å². The first-order valence-corrected chi connectivity index (χ1v) is 10.8. The normalized spacial score (nSPS) is 19.0. The largest absolute Gasteiger partial charge is 0.444 e. The summed E-state index contributed by atoms with van der Waals surface area (Å²) in [5.74, 6) is 0.462. The minimum atomic E-state index is -0.746. The molecule has 0 radical (unpaired) electrons. The number of nitrogens with zero attached hydrogens (tertiary/aromatic N) is 2. The van der Waals surface area contributed by atoms with Crippen molar-refractivity contribution >= 4 is 11.7 Å². The Hall–Kier alpha value is -2.54. The second kappa shape index (κ2) is 9.51. The number of ether oxygens (including phenoxy) is 1. The third-order valence-electron chi connectivity index (χ3n) is 5.37. The van der Waals surface area contributed by atoms with Gasteiger partial charge in [0, 0.05) is 13.1 Å². The average Bonchev–Trinajstić information content (AvgIpc) is 2.64. The Balaban J connectivity index is 2.28. The number of benzene rings is 1. The van der Waals surface area contributed by atoms with Crippen molar-refractivity contribution in [2.24, 2.45) is 11.3 Å². The summed E-state index contributed by atoms with van der Waals surface area (Å²) in [5, 5.41) is 10.1. The van der Waals surface area contributed by atoms with Crippen LogP contribution in [0.25, 0.3) is 5.57 Å². The lowest BCUT2D eigenvalue weighted by Crippen LogP contribution is -2.44. The van der Waals surface area contributed by atoms with E-state index in [2.05, 4.69) is 52.0 Å². The highest BCUT2D eigenvalue weighted by Crippen LogP contribution is 2.39. The molecule has 0 spiro atoms. The minimum absolute atomic E-state index is 0.333. The lowest BCUT2D eigenvalue weighted by molar-refractivity contribution is 0.0201. The van der Waals surface area contributed by atoms with Gasteiger partial charge >= 0.3 is 6.09 Å². The van der Waals surface area contributed by atoms with Gasteiger partial charge in [0.2, 0.25) is 0 Å². The van der Waals surface area contributed by atoms with Gasteiger partial charge in [-0.2, -0.15) is 5.26 Å². The van der Waals surface area contributed by atoms with Gasteiger partial charge < -0.3 is 9.64 Å². The Kier molecular flexibility index (Phi) is 7.53. The molecule has 30 heavy (non-hydrogen) atoms. The Labute approximate surface area is 182 Å². The fourth-order valence-electron chi connectivity index (χ4n) is 3.74. The Morgan fingerprint density at radius 2 is 1.93 bits per heavy atom. The summed E-state index contributed by atoms with van der Waals surface area (Å²) in [6, 6.07) is 10.8. The molecule has 0 bridgehead atoms. The van der Waals surface area contributed by atoms with Crippen LogP contribution in [-0.4, -0.2) is 29.7 Å². The van der Waals surface area contributed by atoms with Crippen LogP contribution in [0.2, 0.25) is 0 Å². The van der Waals surface area contributed by atoms with Crippen LogP contribution < -0.4 is 0 Å². The van der Waals surface area contributed by atoms with Crippen LogP contribution in [0.3, 0.4) is 0 Å². The Bertz CT molecular complexity index is 868. The van der Waals surface area contributed by atoms with Crippen LogP contribution in [0.4, 0.5) is 4.79 Å². The van der Waals surface area contributed by atoms with E-state index in [0.29, 0.717) is 25.4 Å². The van der Waals surface area contributed by atoms with E-state index in [1.807, 2.05) is 39.0 Å². The molecule has 1 aromatic carbocycles. The smallest absolute Gasteiger partial charge is 0.410 e. The van der Waals surface area contributed by atoms with E-state index in [1.165, 1.54) is 22.3 Å². The van der Waals surface area contributed by atoms with Crippen molar-refractivity contribution in [3.05, 3.63) is 53.1 Å².